The van der Waals surface area contributed by atoms with E-state index < -0.39 is 12.0 Å². The van der Waals surface area contributed by atoms with Crippen molar-refractivity contribution < 1.29 is 19.1 Å². The molecule has 7 heteroatoms. The third kappa shape index (κ3) is 3.60. The van der Waals surface area contributed by atoms with Crippen LogP contribution in [0.2, 0.25) is 0 Å². The molecule has 7 nitrogen and oxygen atoms in total. The van der Waals surface area contributed by atoms with E-state index in [-0.39, 0.29) is 13.1 Å². The van der Waals surface area contributed by atoms with Gasteiger partial charge in [0.15, 0.2) is 0 Å². The molecule has 0 fully saturated rings. The number of aromatic nitrogens is 1. The van der Waals surface area contributed by atoms with E-state index in [4.69, 9.17) is 9.52 Å². The van der Waals surface area contributed by atoms with Gasteiger partial charge in [-0.15, -0.1) is 0 Å². The van der Waals surface area contributed by atoms with Gasteiger partial charge in [0.1, 0.15) is 12.3 Å². The first-order chi connectivity index (χ1) is 7.49. The highest BCUT2D eigenvalue weighted by atomic mass is 16.4. The van der Waals surface area contributed by atoms with Gasteiger partial charge in [0.05, 0.1) is 12.7 Å². The van der Waals surface area contributed by atoms with Crippen LogP contribution in [0.5, 0.6) is 0 Å². The molecular weight excluding hydrogens is 214 g/mol. The molecule has 0 spiro atoms. The van der Waals surface area contributed by atoms with Gasteiger partial charge in [-0.05, 0) is 6.92 Å². The van der Waals surface area contributed by atoms with Crippen molar-refractivity contribution in [2.24, 2.45) is 0 Å². The second-order valence-electron chi connectivity index (χ2n) is 3.27. The van der Waals surface area contributed by atoms with Crippen molar-refractivity contribution in [3.63, 3.8) is 0 Å². The number of carbonyl (C=O) groups is 2. The summed E-state index contributed by atoms with van der Waals surface area (Å²) in [6, 6.07) is -0.488. The Labute approximate surface area is 92.1 Å². The van der Waals surface area contributed by atoms with Gasteiger partial charge in [0.2, 0.25) is 5.89 Å². The summed E-state index contributed by atoms with van der Waals surface area (Å²) >= 11 is 0. The van der Waals surface area contributed by atoms with Crippen LogP contribution in [0.15, 0.2) is 10.6 Å². The number of carboxylic acids is 1. The maximum absolute atomic E-state index is 11.3. The largest absolute Gasteiger partial charge is 0.480 e. The molecule has 88 valence electrons. The number of aryl methyl sites for hydroxylation is 1. The predicted molar refractivity (Wildman–Crippen MR) is 53.7 cm³/mol. The van der Waals surface area contributed by atoms with E-state index in [0.29, 0.717) is 11.7 Å². The molecule has 0 bridgehead atoms. The van der Waals surface area contributed by atoms with Gasteiger partial charge < -0.3 is 19.7 Å². The van der Waals surface area contributed by atoms with Crippen molar-refractivity contribution in [1.82, 2.24) is 15.2 Å². The van der Waals surface area contributed by atoms with Gasteiger partial charge >= 0.3 is 12.0 Å². The van der Waals surface area contributed by atoms with Gasteiger partial charge in [-0.3, -0.25) is 4.79 Å². The number of likely N-dealkylation sites (N-methyl/N-ethyl adjacent to an activating group) is 1. The lowest BCUT2D eigenvalue weighted by molar-refractivity contribution is -0.137. The average Bonchev–Trinajstić information content (AvgIpc) is 2.59. The van der Waals surface area contributed by atoms with E-state index in [1.807, 2.05) is 0 Å². The summed E-state index contributed by atoms with van der Waals surface area (Å²) in [6.45, 7) is 1.53. The maximum Gasteiger partial charge on any atom is 0.323 e. The van der Waals surface area contributed by atoms with Crippen LogP contribution in [-0.4, -0.2) is 40.6 Å². The number of hydrogen-bond acceptors (Lipinski definition) is 4. The van der Waals surface area contributed by atoms with E-state index in [1.165, 1.54) is 7.05 Å². The van der Waals surface area contributed by atoms with Crippen LogP contribution in [0, 0.1) is 6.92 Å². The predicted octanol–water partition coefficient (Wildman–Crippen LogP) is 0.209. The molecule has 0 aromatic carbocycles. The van der Waals surface area contributed by atoms with Crippen LogP contribution in [-0.2, 0) is 11.3 Å². The number of hydrogen-bond donors (Lipinski definition) is 2. The van der Waals surface area contributed by atoms with Crippen LogP contribution in [0.3, 0.4) is 0 Å². The Morgan fingerprint density at radius 3 is 2.81 bits per heavy atom. The topological polar surface area (TPSA) is 95.7 Å². The highest BCUT2D eigenvalue weighted by Gasteiger charge is 2.12. The number of rotatable bonds is 4. The Morgan fingerprint density at radius 1 is 1.62 bits per heavy atom. The smallest absolute Gasteiger partial charge is 0.323 e. The summed E-state index contributed by atoms with van der Waals surface area (Å²) in [4.78, 5) is 26.6. The second kappa shape index (κ2) is 5.15. The van der Waals surface area contributed by atoms with Gasteiger partial charge in [-0.25, -0.2) is 9.78 Å². The van der Waals surface area contributed by atoms with Crippen molar-refractivity contribution in [2.45, 2.75) is 13.5 Å². The summed E-state index contributed by atoms with van der Waals surface area (Å²) in [5, 5.41) is 11.0. The number of carboxylic acid groups (broad SMARTS) is 1. The summed E-state index contributed by atoms with van der Waals surface area (Å²) in [6.07, 6.45) is 1.54. The zero-order chi connectivity index (χ0) is 12.1. The van der Waals surface area contributed by atoms with Crippen LogP contribution in [0.4, 0.5) is 4.79 Å². The molecule has 0 aliphatic carbocycles. The molecule has 1 heterocycles. The van der Waals surface area contributed by atoms with Gasteiger partial charge in [-0.1, -0.05) is 0 Å². The van der Waals surface area contributed by atoms with Crippen LogP contribution in [0.25, 0.3) is 0 Å². The number of nitrogens with one attached hydrogen (secondary N) is 1. The van der Waals surface area contributed by atoms with E-state index in [1.54, 1.807) is 13.1 Å². The summed E-state index contributed by atoms with van der Waals surface area (Å²) in [5.41, 5.74) is 0. The average molecular weight is 227 g/mol. The number of nitrogens with zero attached hydrogens (tertiary/aromatic N) is 2. The maximum atomic E-state index is 11.3. The third-order valence-corrected chi connectivity index (χ3v) is 1.78. The summed E-state index contributed by atoms with van der Waals surface area (Å²) in [7, 11) is 1.39. The monoisotopic (exact) mass is 227 g/mol. The fourth-order valence-electron chi connectivity index (χ4n) is 1.04. The molecule has 0 radical (unpaired) electrons. The standard InChI is InChI=1S/C9H13N3O4/c1-6-3-10-7(16-6)4-11-9(15)12(2)5-8(13)14/h3H,4-5H2,1-2H3,(H,11,15)(H,13,14). The normalized spacial score (nSPS) is 9.88. The van der Waals surface area contributed by atoms with Crippen molar-refractivity contribution in [1.29, 1.82) is 0 Å². The molecule has 0 saturated carbocycles. The number of oxazole rings is 1. The molecule has 0 saturated heterocycles. The molecule has 1 rings (SSSR count). The Kier molecular flexibility index (Phi) is 3.87. The first-order valence-electron chi connectivity index (χ1n) is 4.61. The lowest BCUT2D eigenvalue weighted by Crippen LogP contribution is -2.39. The molecule has 16 heavy (non-hydrogen) atoms. The molecule has 1 aromatic rings. The Bertz CT molecular complexity index is 388. The van der Waals surface area contributed by atoms with Crippen LogP contribution < -0.4 is 5.32 Å². The van der Waals surface area contributed by atoms with Crippen molar-refractivity contribution in [3.05, 3.63) is 17.8 Å². The van der Waals surface area contributed by atoms with Gasteiger partial charge in [0.25, 0.3) is 0 Å². The number of aliphatic carboxylic acids is 1. The molecule has 1 aromatic heterocycles. The van der Waals surface area contributed by atoms with Gasteiger partial charge in [0, 0.05) is 7.05 Å². The minimum atomic E-state index is -1.07. The quantitative estimate of drug-likeness (QED) is 0.766. The molecule has 0 atom stereocenters. The number of urea groups is 1. The molecule has 2 N–H and O–H groups in total. The lowest BCUT2D eigenvalue weighted by Gasteiger charge is -2.14. The zero-order valence-corrected chi connectivity index (χ0v) is 9.06. The molecule has 0 unspecified atom stereocenters. The molecule has 0 aliphatic heterocycles. The molecule has 2 amide bonds. The van der Waals surface area contributed by atoms with Crippen molar-refractivity contribution in [2.75, 3.05) is 13.6 Å². The zero-order valence-electron chi connectivity index (χ0n) is 9.06. The number of amides is 2. The Balaban J connectivity index is 2.37. The number of carbonyl (C=O) groups excluding carboxylic acids is 1. The first-order valence-corrected chi connectivity index (χ1v) is 4.61. The molecule has 0 aliphatic rings. The lowest BCUT2D eigenvalue weighted by atomic mass is 10.5. The van der Waals surface area contributed by atoms with Crippen LogP contribution in [0.1, 0.15) is 11.7 Å². The minimum absolute atomic E-state index is 0.136. The fraction of sp³-hybridized carbons (Fsp3) is 0.444. The van der Waals surface area contributed by atoms with E-state index >= 15 is 0 Å². The fourth-order valence-corrected chi connectivity index (χ4v) is 1.04. The Morgan fingerprint density at radius 2 is 2.31 bits per heavy atom. The summed E-state index contributed by atoms with van der Waals surface area (Å²) < 4.78 is 5.13. The van der Waals surface area contributed by atoms with Crippen LogP contribution >= 0.6 is 0 Å². The van der Waals surface area contributed by atoms with Gasteiger partial charge in [-0.2, -0.15) is 0 Å². The van der Waals surface area contributed by atoms with Crippen molar-refractivity contribution in [3.8, 4) is 0 Å². The highest BCUT2D eigenvalue weighted by Crippen LogP contribution is 2.00. The second-order valence-corrected chi connectivity index (χ2v) is 3.27. The van der Waals surface area contributed by atoms with E-state index in [2.05, 4.69) is 10.3 Å². The summed E-state index contributed by atoms with van der Waals surface area (Å²) in [5.74, 6) is -0.0256. The molecular formula is C9H13N3O4. The SMILES string of the molecule is Cc1cnc(CNC(=O)N(C)CC(=O)O)o1. The Hall–Kier alpha value is -2.05. The minimum Gasteiger partial charge on any atom is -0.480 e. The third-order valence-electron chi connectivity index (χ3n) is 1.78. The van der Waals surface area contributed by atoms with Crippen molar-refractivity contribution >= 4 is 12.0 Å². The highest BCUT2D eigenvalue weighted by molar-refractivity contribution is 5.79. The van der Waals surface area contributed by atoms with E-state index in [0.717, 1.165) is 4.90 Å². The first kappa shape index (κ1) is 12.0. The van der Waals surface area contributed by atoms with E-state index in [9.17, 15) is 9.59 Å².